The molecule has 2 atom stereocenters. The molecule has 3 aromatic rings. The fourth-order valence-corrected chi connectivity index (χ4v) is 4.25. The molecule has 1 aliphatic rings. The third-order valence-electron chi connectivity index (χ3n) is 5.56. The second-order valence-corrected chi connectivity index (χ2v) is 8.27. The van der Waals surface area contributed by atoms with E-state index in [1.54, 1.807) is 67.6 Å². The van der Waals surface area contributed by atoms with Gasteiger partial charge in [-0.1, -0.05) is 60.5 Å². The minimum Gasteiger partial charge on any atom is -0.375 e. The van der Waals surface area contributed by atoms with Crippen LogP contribution in [0.25, 0.3) is 0 Å². The molecule has 0 aromatic heterocycles. The average Bonchev–Trinajstić information content (AvgIpc) is 2.96. The number of aliphatic hydroxyl groups is 1. The van der Waals surface area contributed by atoms with Crippen LogP contribution < -0.4 is 4.90 Å². The number of fused-ring (bicyclic) bond motifs is 1. The van der Waals surface area contributed by atoms with Crippen molar-refractivity contribution in [2.75, 3.05) is 4.90 Å². The van der Waals surface area contributed by atoms with Crippen molar-refractivity contribution in [1.82, 2.24) is 0 Å². The summed E-state index contributed by atoms with van der Waals surface area (Å²) in [5, 5.41) is 12.7. The molecule has 2 unspecified atom stereocenters. The molecule has 6 heteroatoms. The lowest BCUT2D eigenvalue weighted by molar-refractivity contribution is -0.139. The third kappa shape index (κ3) is 3.41. The number of hydrogen-bond donors (Lipinski definition) is 1. The lowest BCUT2D eigenvalue weighted by atomic mass is 9.79. The SMILES string of the molecule is CC(C(=O)c1ccc(Cl)cc1)C1(O)C(=O)N(Cc2cccc(Cl)c2)c2ccccc21. The zero-order valence-electron chi connectivity index (χ0n) is 16.2. The van der Waals surface area contributed by atoms with Crippen LogP contribution in [0.2, 0.25) is 10.0 Å². The second kappa shape index (κ2) is 7.88. The van der Waals surface area contributed by atoms with Gasteiger partial charge in [0, 0.05) is 21.2 Å². The third-order valence-corrected chi connectivity index (χ3v) is 6.04. The number of nitrogens with zero attached hydrogens (tertiary/aromatic N) is 1. The van der Waals surface area contributed by atoms with Crippen molar-refractivity contribution in [1.29, 1.82) is 0 Å². The molecule has 0 fully saturated rings. The summed E-state index contributed by atoms with van der Waals surface area (Å²) in [6, 6.07) is 20.6. The zero-order chi connectivity index (χ0) is 21.5. The second-order valence-electron chi connectivity index (χ2n) is 7.40. The van der Waals surface area contributed by atoms with Gasteiger partial charge in [0.15, 0.2) is 11.4 Å². The monoisotopic (exact) mass is 439 g/mol. The Balaban J connectivity index is 1.73. The Bertz CT molecular complexity index is 1130. The van der Waals surface area contributed by atoms with Gasteiger partial charge in [0.1, 0.15) is 0 Å². The molecule has 0 spiro atoms. The van der Waals surface area contributed by atoms with Crippen molar-refractivity contribution in [3.05, 3.63) is 99.5 Å². The van der Waals surface area contributed by atoms with Gasteiger partial charge in [0.05, 0.1) is 18.2 Å². The van der Waals surface area contributed by atoms with Gasteiger partial charge < -0.3 is 10.0 Å². The van der Waals surface area contributed by atoms with E-state index in [4.69, 9.17) is 23.2 Å². The molecule has 1 N–H and O–H groups in total. The smallest absolute Gasteiger partial charge is 0.264 e. The largest absolute Gasteiger partial charge is 0.375 e. The van der Waals surface area contributed by atoms with Gasteiger partial charge >= 0.3 is 0 Å². The first-order valence-electron chi connectivity index (χ1n) is 9.50. The van der Waals surface area contributed by atoms with Crippen LogP contribution in [0.3, 0.4) is 0 Å². The first-order chi connectivity index (χ1) is 14.3. The molecule has 0 saturated heterocycles. The summed E-state index contributed by atoms with van der Waals surface area (Å²) in [6.07, 6.45) is 0. The summed E-state index contributed by atoms with van der Waals surface area (Å²) in [6.45, 7) is 1.81. The van der Waals surface area contributed by atoms with Crippen LogP contribution in [0.4, 0.5) is 5.69 Å². The van der Waals surface area contributed by atoms with Gasteiger partial charge in [-0.3, -0.25) is 9.59 Å². The lowest BCUT2D eigenvalue weighted by Gasteiger charge is -2.28. The first kappa shape index (κ1) is 20.6. The van der Waals surface area contributed by atoms with Crippen LogP contribution >= 0.6 is 23.2 Å². The summed E-state index contributed by atoms with van der Waals surface area (Å²) in [7, 11) is 0. The summed E-state index contributed by atoms with van der Waals surface area (Å²) in [4.78, 5) is 28.1. The maximum absolute atomic E-state index is 13.5. The van der Waals surface area contributed by atoms with E-state index in [-0.39, 0.29) is 12.3 Å². The van der Waals surface area contributed by atoms with Gasteiger partial charge in [-0.15, -0.1) is 0 Å². The zero-order valence-corrected chi connectivity index (χ0v) is 17.7. The van der Waals surface area contributed by atoms with Gasteiger partial charge in [0.25, 0.3) is 5.91 Å². The topological polar surface area (TPSA) is 57.6 Å². The molecular weight excluding hydrogens is 421 g/mol. The highest BCUT2D eigenvalue weighted by molar-refractivity contribution is 6.31. The number of benzene rings is 3. The van der Waals surface area contributed by atoms with Gasteiger partial charge in [0.2, 0.25) is 0 Å². The summed E-state index contributed by atoms with van der Waals surface area (Å²) in [5.41, 5.74) is 0.254. The summed E-state index contributed by atoms with van der Waals surface area (Å²) < 4.78 is 0. The Morgan fingerprint density at radius 3 is 2.40 bits per heavy atom. The number of Topliss-reactive ketones (excluding diaryl/α,β-unsaturated/α-hetero) is 1. The molecule has 0 saturated carbocycles. The lowest BCUT2D eigenvalue weighted by Crippen LogP contribution is -2.47. The van der Waals surface area contributed by atoms with Crippen molar-refractivity contribution in [2.24, 2.45) is 5.92 Å². The van der Waals surface area contributed by atoms with Crippen LogP contribution in [-0.2, 0) is 16.9 Å². The van der Waals surface area contributed by atoms with E-state index in [0.29, 0.717) is 26.9 Å². The molecular formula is C24H19Cl2NO3. The minimum absolute atomic E-state index is 0.237. The molecule has 0 aliphatic carbocycles. The number of carbonyl (C=O) groups excluding carboxylic acids is 2. The predicted molar refractivity (Wildman–Crippen MR) is 118 cm³/mol. The molecule has 4 rings (SSSR count). The number of ketones is 1. The van der Waals surface area contributed by atoms with Crippen molar-refractivity contribution < 1.29 is 14.7 Å². The van der Waals surface area contributed by atoms with E-state index in [1.807, 2.05) is 12.1 Å². The normalized spacial score (nSPS) is 18.9. The number of halogens is 2. The number of hydrogen-bond acceptors (Lipinski definition) is 3. The van der Waals surface area contributed by atoms with E-state index in [2.05, 4.69) is 0 Å². The summed E-state index contributed by atoms with van der Waals surface area (Å²) in [5.74, 6) is -1.85. The highest BCUT2D eigenvalue weighted by atomic mass is 35.5. The molecule has 30 heavy (non-hydrogen) atoms. The summed E-state index contributed by atoms with van der Waals surface area (Å²) >= 11 is 12.0. The van der Waals surface area contributed by atoms with Crippen LogP contribution in [-0.4, -0.2) is 16.8 Å². The molecule has 152 valence electrons. The van der Waals surface area contributed by atoms with E-state index in [1.165, 1.54) is 4.90 Å². The van der Waals surface area contributed by atoms with E-state index >= 15 is 0 Å². The van der Waals surface area contributed by atoms with E-state index in [9.17, 15) is 14.7 Å². The van der Waals surface area contributed by atoms with Gasteiger partial charge in [-0.05, 0) is 48.0 Å². The molecule has 3 aromatic carbocycles. The Morgan fingerprint density at radius 2 is 1.70 bits per heavy atom. The standard InChI is InChI=1S/C24H19Cl2NO3/c1-15(22(28)17-9-11-18(25)12-10-17)24(30)20-7-2-3-8-21(20)27(23(24)29)14-16-5-4-6-19(26)13-16/h2-13,15,30H,14H2,1H3. The number of amides is 1. The van der Waals surface area contributed by atoms with Crippen LogP contribution in [0.15, 0.2) is 72.8 Å². The van der Waals surface area contributed by atoms with Crippen molar-refractivity contribution in [2.45, 2.75) is 19.1 Å². The molecule has 4 nitrogen and oxygen atoms in total. The molecule has 1 amide bonds. The Labute approximate surface area is 184 Å². The Hall–Kier alpha value is -2.66. The molecule has 1 heterocycles. The highest BCUT2D eigenvalue weighted by Gasteiger charge is 2.55. The maximum Gasteiger partial charge on any atom is 0.264 e. The van der Waals surface area contributed by atoms with Crippen molar-refractivity contribution in [3.8, 4) is 0 Å². The van der Waals surface area contributed by atoms with Crippen LogP contribution in [0.5, 0.6) is 0 Å². The predicted octanol–water partition coefficient (Wildman–Crippen LogP) is 5.25. The highest BCUT2D eigenvalue weighted by Crippen LogP contribution is 2.46. The number of rotatable bonds is 5. The molecule has 1 aliphatic heterocycles. The molecule has 0 bridgehead atoms. The van der Waals surface area contributed by atoms with E-state index in [0.717, 1.165) is 5.56 Å². The van der Waals surface area contributed by atoms with Crippen molar-refractivity contribution >= 4 is 40.6 Å². The van der Waals surface area contributed by atoms with Crippen molar-refractivity contribution in [3.63, 3.8) is 0 Å². The van der Waals surface area contributed by atoms with Gasteiger partial charge in [-0.25, -0.2) is 0 Å². The van der Waals surface area contributed by atoms with Gasteiger partial charge in [-0.2, -0.15) is 0 Å². The quantitative estimate of drug-likeness (QED) is 0.552. The van der Waals surface area contributed by atoms with E-state index < -0.39 is 17.4 Å². The number of anilines is 1. The average molecular weight is 440 g/mol. The number of carbonyl (C=O) groups is 2. The van der Waals surface area contributed by atoms with Crippen LogP contribution in [0.1, 0.15) is 28.4 Å². The first-order valence-corrected chi connectivity index (χ1v) is 10.3. The maximum atomic E-state index is 13.5. The fourth-order valence-electron chi connectivity index (χ4n) is 3.91. The Morgan fingerprint density at radius 1 is 1.00 bits per heavy atom. The van der Waals surface area contributed by atoms with Crippen LogP contribution in [0, 0.1) is 5.92 Å². The Kier molecular flexibility index (Phi) is 5.41. The fraction of sp³-hybridized carbons (Fsp3) is 0.167. The number of para-hydroxylation sites is 1. The molecule has 0 radical (unpaired) electrons. The minimum atomic E-state index is -1.97.